The predicted molar refractivity (Wildman–Crippen MR) is 73.3 cm³/mol. The van der Waals surface area contributed by atoms with Crippen molar-refractivity contribution in [1.82, 2.24) is 10.6 Å². The average Bonchev–Trinajstić information content (AvgIpc) is 2.36. The van der Waals surface area contributed by atoms with Gasteiger partial charge in [0.05, 0.1) is 18.7 Å². The van der Waals surface area contributed by atoms with Gasteiger partial charge in [0.1, 0.15) is 0 Å². The maximum absolute atomic E-state index is 11.9. The van der Waals surface area contributed by atoms with Crippen molar-refractivity contribution in [1.29, 1.82) is 0 Å². The lowest BCUT2D eigenvalue weighted by molar-refractivity contribution is -0.123. The second-order valence-electron chi connectivity index (χ2n) is 5.88. The number of carbonyl (C=O) groups excluding carboxylic acids is 1. The molecule has 1 aliphatic carbocycles. The number of aliphatic hydroxyl groups excluding tert-OH is 1. The largest absolute Gasteiger partial charge is 0.394 e. The highest BCUT2D eigenvalue weighted by atomic mass is 16.3. The van der Waals surface area contributed by atoms with E-state index in [-0.39, 0.29) is 18.1 Å². The zero-order chi connectivity index (χ0) is 13.6. The standard InChI is InChI=1S/C14H28N2O2/c1-4-12(3)15-9-13(18)16-14(10-17)7-5-6-11(2)8-14/h11-12,15,17H,4-10H2,1-3H3,(H,16,18). The second-order valence-corrected chi connectivity index (χ2v) is 5.88. The van der Waals surface area contributed by atoms with Crippen LogP contribution >= 0.6 is 0 Å². The van der Waals surface area contributed by atoms with Gasteiger partial charge in [-0.05, 0) is 32.1 Å². The molecule has 0 aromatic carbocycles. The summed E-state index contributed by atoms with van der Waals surface area (Å²) in [7, 11) is 0. The Labute approximate surface area is 111 Å². The van der Waals surface area contributed by atoms with Gasteiger partial charge in [-0.25, -0.2) is 0 Å². The van der Waals surface area contributed by atoms with Crippen molar-refractivity contribution in [2.75, 3.05) is 13.2 Å². The summed E-state index contributed by atoms with van der Waals surface area (Å²) in [4.78, 5) is 11.9. The van der Waals surface area contributed by atoms with Crippen molar-refractivity contribution >= 4 is 5.91 Å². The number of rotatable bonds is 6. The van der Waals surface area contributed by atoms with Crippen LogP contribution in [0.15, 0.2) is 0 Å². The molecule has 106 valence electrons. The highest BCUT2D eigenvalue weighted by Crippen LogP contribution is 2.31. The SMILES string of the molecule is CCC(C)NCC(=O)NC1(CO)CCCC(C)C1. The summed E-state index contributed by atoms with van der Waals surface area (Å²) >= 11 is 0. The van der Waals surface area contributed by atoms with Gasteiger partial charge in [-0.15, -0.1) is 0 Å². The third-order valence-electron chi connectivity index (χ3n) is 4.02. The minimum atomic E-state index is -0.383. The minimum absolute atomic E-state index is 0.00144. The van der Waals surface area contributed by atoms with Gasteiger partial charge >= 0.3 is 0 Å². The second kappa shape index (κ2) is 7.10. The quantitative estimate of drug-likeness (QED) is 0.674. The highest BCUT2D eigenvalue weighted by molar-refractivity contribution is 5.78. The van der Waals surface area contributed by atoms with Crippen LogP contribution in [0.3, 0.4) is 0 Å². The third-order valence-corrected chi connectivity index (χ3v) is 4.02. The van der Waals surface area contributed by atoms with E-state index in [4.69, 9.17) is 0 Å². The van der Waals surface area contributed by atoms with Crippen LogP contribution in [-0.4, -0.2) is 35.7 Å². The van der Waals surface area contributed by atoms with Gasteiger partial charge in [0.2, 0.25) is 5.91 Å². The fourth-order valence-electron chi connectivity index (χ4n) is 2.71. The zero-order valence-electron chi connectivity index (χ0n) is 12.0. The van der Waals surface area contributed by atoms with E-state index in [9.17, 15) is 9.90 Å². The van der Waals surface area contributed by atoms with Gasteiger partial charge in [0.15, 0.2) is 0 Å². The van der Waals surface area contributed by atoms with Crippen LogP contribution in [0.5, 0.6) is 0 Å². The van der Waals surface area contributed by atoms with Gasteiger partial charge in [-0.3, -0.25) is 4.79 Å². The number of hydrogen-bond acceptors (Lipinski definition) is 3. The van der Waals surface area contributed by atoms with E-state index >= 15 is 0 Å². The smallest absolute Gasteiger partial charge is 0.234 e. The molecule has 0 aromatic heterocycles. The van der Waals surface area contributed by atoms with Crippen molar-refractivity contribution in [2.45, 2.75) is 64.5 Å². The first-order valence-corrected chi connectivity index (χ1v) is 7.16. The third kappa shape index (κ3) is 4.58. The van der Waals surface area contributed by atoms with Gasteiger partial charge in [-0.2, -0.15) is 0 Å². The van der Waals surface area contributed by atoms with Crippen LogP contribution in [0.2, 0.25) is 0 Å². The molecule has 0 spiro atoms. The first kappa shape index (κ1) is 15.4. The Morgan fingerprint density at radius 3 is 2.83 bits per heavy atom. The molecular formula is C14H28N2O2. The Kier molecular flexibility index (Phi) is 6.09. The maximum Gasteiger partial charge on any atom is 0.234 e. The topological polar surface area (TPSA) is 61.4 Å². The van der Waals surface area contributed by atoms with E-state index in [1.165, 1.54) is 6.42 Å². The molecule has 4 nitrogen and oxygen atoms in total. The molecule has 0 aromatic rings. The van der Waals surface area contributed by atoms with E-state index in [0.29, 0.717) is 18.5 Å². The molecule has 3 unspecified atom stereocenters. The zero-order valence-corrected chi connectivity index (χ0v) is 12.0. The fraction of sp³-hybridized carbons (Fsp3) is 0.929. The monoisotopic (exact) mass is 256 g/mol. The molecule has 0 radical (unpaired) electrons. The molecule has 1 fully saturated rings. The summed E-state index contributed by atoms with van der Waals surface area (Å²) < 4.78 is 0. The Hall–Kier alpha value is -0.610. The van der Waals surface area contributed by atoms with Gasteiger partial charge < -0.3 is 15.7 Å². The molecular weight excluding hydrogens is 228 g/mol. The fourth-order valence-corrected chi connectivity index (χ4v) is 2.71. The van der Waals surface area contributed by atoms with Crippen molar-refractivity contribution in [2.24, 2.45) is 5.92 Å². The van der Waals surface area contributed by atoms with Gasteiger partial charge in [-0.1, -0.05) is 26.7 Å². The summed E-state index contributed by atoms with van der Waals surface area (Å²) in [5.74, 6) is 0.576. The molecule has 3 N–H and O–H groups in total. The van der Waals surface area contributed by atoms with E-state index in [1.54, 1.807) is 0 Å². The molecule has 4 heteroatoms. The van der Waals surface area contributed by atoms with Crippen LogP contribution in [0.1, 0.15) is 52.9 Å². The van der Waals surface area contributed by atoms with Crippen molar-refractivity contribution in [3.63, 3.8) is 0 Å². The number of hydrogen-bond donors (Lipinski definition) is 3. The van der Waals surface area contributed by atoms with E-state index in [0.717, 1.165) is 25.7 Å². The molecule has 0 aliphatic heterocycles. The Balaban J connectivity index is 2.44. The minimum Gasteiger partial charge on any atom is -0.394 e. The highest BCUT2D eigenvalue weighted by Gasteiger charge is 2.35. The van der Waals surface area contributed by atoms with Crippen LogP contribution in [0.4, 0.5) is 0 Å². The van der Waals surface area contributed by atoms with Gasteiger partial charge in [0, 0.05) is 6.04 Å². The lowest BCUT2D eigenvalue weighted by Gasteiger charge is -2.39. The summed E-state index contributed by atoms with van der Waals surface area (Å²) in [5.41, 5.74) is -0.383. The Bertz CT molecular complexity index is 271. The first-order valence-electron chi connectivity index (χ1n) is 7.16. The van der Waals surface area contributed by atoms with Crippen molar-refractivity contribution in [3.8, 4) is 0 Å². The lowest BCUT2D eigenvalue weighted by atomic mass is 9.77. The van der Waals surface area contributed by atoms with Crippen molar-refractivity contribution in [3.05, 3.63) is 0 Å². The molecule has 0 bridgehead atoms. The number of aliphatic hydroxyl groups is 1. The normalized spacial score (nSPS) is 29.9. The average molecular weight is 256 g/mol. The molecule has 0 heterocycles. The van der Waals surface area contributed by atoms with Crippen LogP contribution in [-0.2, 0) is 4.79 Å². The molecule has 1 amide bonds. The van der Waals surface area contributed by atoms with Crippen LogP contribution in [0.25, 0.3) is 0 Å². The number of carbonyl (C=O) groups is 1. The van der Waals surface area contributed by atoms with Crippen LogP contribution < -0.4 is 10.6 Å². The Morgan fingerprint density at radius 2 is 2.28 bits per heavy atom. The van der Waals surface area contributed by atoms with Crippen LogP contribution in [0, 0.1) is 5.92 Å². The molecule has 1 rings (SSSR count). The molecule has 1 saturated carbocycles. The van der Waals surface area contributed by atoms with Gasteiger partial charge in [0.25, 0.3) is 0 Å². The maximum atomic E-state index is 11.9. The lowest BCUT2D eigenvalue weighted by Crippen LogP contribution is -2.56. The molecule has 0 saturated heterocycles. The predicted octanol–water partition coefficient (Wildman–Crippen LogP) is 1.43. The summed E-state index contributed by atoms with van der Waals surface area (Å²) in [5, 5.41) is 15.8. The summed E-state index contributed by atoms with van der Waals surface area (Å²) in [6, 6.07) is 0.353. The molecule has 18 heavy (non-hydrogen) atoms. The van der Waals surface area contributed by atoms with E-state index in [2.05, 4.69) is 31.4 Å². The number of nitrogens with one attached hydrogen (secondary N) is 2. The summed E-state index contributed by atoms with van der Waals surface area (Å²) in [6.07, 6.45) is 5.07. The molecule has 1 aliphatic rings. The van der Waals surface area contributed by atoms with E-state index < -0.39 is 0 Å². The number of amides is 1. The summed E-state index contributed by atoms with van der Waals surface area (Å²) in [6.45, 7) is 6.73. The van der Waals surface area contributed by atoms with E-state index in [1.807, 2.05) is 0 Å². The van der Waals surface area contributed by atoms with Crippen molar-refractivity contribution < 1.29 is 9.90 Å². The first-order chi connectivity index (χ1) is 8.51. The molecule has 3 atom stereocenters. The Morgan fingerprint density at radius 1 is 1.56 bits per heavy atom.